The molecule has 0 spiro atoms. The van der Waals surface area contributed by atoms with Crippen molar-refractivity contribution in [2.24, 2.45) is 0 Å². The van der Waals surface area contributed by atoms with Gasteiger partial charge in [0.15, 0.2) is 0 Å². The zero-order valence-electron chi connectivity index (χ0n) is 10.9. The number of benzene rings is 1. The Labute approximate surface area is 134 Å². The Kier molecular flexibility index (Phi) is 6.25. The summed E-state index contributed by atoms with van der Waals surface area (Å²) in [4.78, 5) is 25.4. The molecule has 0 radical (unpaired) electrons. The molecule has 0 unspecified atom stereocenters. The van der Waals surface area contributed by atoms with Gasteiger partial charge in [-0.2, -0.15) is 0 Å². The molecular formula is C13H15BrINO3. The maximum Gasteiger partial charge on any atom is 0.325 e. The molecule has 19 heavy (non-hydrogen) atoms. The minimum atomic E-state index is -0.427. The van der Waals surface area contributed by atoms with Crippen LogP contribution >= 0.6 is 38.5 Å². The molecule has 0 aliphatic heterocycles. The Morgan fingerprint density at radius 1 is 1.42 bits per heavy atom. The molecule has 0 fully saturated rings. The van der Waals surface area contributed by atoms with Crippen LogP contribution in [0.25, 0.3) is 0 Å². The summed E-state index contributed by atoms with van der Waals surface area (Å²) in [7, 11) is 1.31. The van der Waals surface area contributed by atoms with Crippen LogP contribution < -0.4 is 0 Å². The Morgan fingerprint density at radius 3 is 2.58 bits per heavy atom. The molecule has 0 bridgehead atoms. The summed E-state index contributed by atoms with van der Waals surface area (Å²) in [6.45, 7) is 3.68. The molecule has 0 aliphatic rings. The van der Waals surface area contributed by atoms with E-state index in [4.69, 9.17) is 0 Å². The standard InChI is InChI=1S/C13H15BrINO3/c1-8(2)16(7-12(17)19-3)13(18)10-6-9(15)4-5-11(10)14/h4-6,8H,7H2,1-3H3. The average molecular weight is 440 g/mol. The van der Waals surface area contributed by atoms with Crippen LogP contribution in [0, 0.1) is 3.57 Å². The van der Waals surface area contributed by atoms with Crippen molar-refractivity contribution in [3.8, 4) is 0 Å². The van der Waals surface area contributed by atoms with Crippen molar-refractivity contribution in [1.82, 2.24) is 4.90 Å². The monoisotopic (exact) mass is 439 g/mol. The Bertz CT molecular complexity index is 491. The summed E-state index contributed by atoms with van der Waals surface area (Å²) >= 11 is 5.51. The highest BCUT2D eigenvalue weighted by Gasteiger charge is 2.23. The summed E-state index contributed by atoms with van der Waals surface area (Å²) < 4.78 is 6.30. The predicted octanol–water partition coefficient (Wildman–Crippen LogP) is 3.08. The molecule has 6 heteroatoms. The van der Waals surface area contributed by atoms with E-state index >= 15 is 0 Å². The molecule has 0 saturated heterocycles. The number of ether oxygens (including phenoxy) is 1. The third-order valence-electron chi connectivity index (χ3n) is 2.57. The van der Waals surface area contributed by atoms with Gasteiger partial charge in [0.05, 0.1) is 12.7 Å². The lowest BCUT2D eigenvalue weighted by molar-refractivity contribution is -0.141. The van der Waals surface area contributed by atoms with Crippen LogP contribution in [-0.2, 0) is 9.53 Å². The summed E-state index contributed by atoms with van der Waals surface area (Å²) in [5, 5.41) is 0. The van der Waals surface area contributed by atoms with E-state index in [1.807, 2.05) is 26.0 Å². The highest BCUT2D eigenvalue weighted by atomic mass is 127. The fourth-order valence-corrected chi connectivity index (χ4v) is 2.42. The van der Waals surface area contributed by atoms with Gasteiger partial charge in [0.2, 0.25) is 0 Å². The molecule has 1 aromatic carbocycles. The molecule has 0 N–H and O–H groups in total. The predicted molar refractivity (Wildman–Crippen MR) is 85.0 cm³/mol. The van der Waals surface area contributed by atoms with Crippen LogP contribution in [0.15, 0.2) is 22.7 Å². The number of esters is 1. The molecule has 4 nitrogen and oxygen atoms in total. The van der Waals surface area contributed by atoms with Gasteiger partial charge in [0.1, 0.15) is 6.54 Å². The quantitative estimate of drug-likeness (QED) is 0.535. The van der Waals surface area contributed by atoms with E-state index in [9.17, 15) is 9.59 Å². The first-order valence-electron chi connectivity index (χ1n) is 5.69. The van der Waals surface area contributed by atoms with Gasteiger partial charge in [-0.3, -0.25) is 9.59 Å². The van der Waals surface area contributed by atoms with Crippen molar-refractivity contribution in [2.75, 3.05) is 13.7 Å². The third-order valence-corrected chi connectivity index (χ3v) is 3.93. The summed E-state index contributed by atoms with van der Waals surface area (Å²) in [6, 6.07) is 5.43. The zero-order valence-corrected chi connectivity index (χ0v) is 14.7. The van der Waals surface area contributed by atoms with Crippen LogP contribution in [0.2, 0.25) is 0 Å². The lowest BCUT2D eigenvalue weighted by atomic mass is 10.1. The third kappa shape index (κ3) is 4.45. The molecule has 1 amide bonds. The van der Waals surface area contributed by atoms with Gasteiger partial charge in [-0.1, -0.05) is 0 Å². The van der Waals surface area contributed by atoms with Crippen LogP contribution in [0.3, 0.4) is 0 Å². The average Bonchev–Trinajstić information content (AvgIpc) is 2.37. The van der Waals surface area contributed by atoms with Crippen molar-refractivity contribution in [2.45, 2.75) is 19.9 Å². The molecule has 0 aliphatic carbocycles. The van der Waals surface area contributed by atoms with Crippen molar-refractivity contribution in [1.29, 1.82) is 0 Å². The first-order chi connectivity index (χ1) is 8.86. The van der Waals surface area contributed by atoms with E-state index in [2.05, 4.69) is 43.3 Å². The van der Waals surface area contributed by atoms with E-state index < -0.39 is 5.97 Å². The highest BCUT2D eigenvalue weighted by molar-refractivity contribution is 14.1. The van der Waals surface area contributed by atoms with E-state index in [0.29, 0.717) is 10.0 Å². The topological polar surface area (TPSA) is 46.6 Å². The maximum absolute atomic E-state index is 12.5. The van der Waals surface area contributed by atoms with Crippen molar-refractivity contribution < 1.29 is 14.3 Å². The fourth-order valence-electron chi connectivity index (χ4n) is 1.51. The summed E-state index contributed by atoms with van der Waals surface area (Å²) in [6.07, 6.45) is 0. The number of amides is 1. The van der Waals surface area contributed by atoms with Crippen LogP contribution in [0.5, 0.6) is 0 Å². The summed E-state index contributed by atoms with van der Waals surface area (Å²) in [5.74, 6) is -0.616. The van der Waals surface area contributed by atoms with E-state index in [1.165, 1.54) is 12.0 Å². The number of methoxy groups -OCH3 is 1. The minimum absolute atomic E-state index is 0.0507. The van der Waals surface area contributed by atoms with Crippen LogP contribution in [0.4, 0.5) is 0 Å². The number of halogens is 2. The van der Waals surface area contributed by atoms with Crippen LogP contribution in [0.1, 0.15) is 24.2 Å². The lowest BCUT2D eigenvalue weighted by Crippen LogP contribution is -2.41. The van der Waals surface area contributed by atoms with Gasteiger partial charge in [-0.25, -0.2) is 0 Å². The molecule has 0 saturated carbocycles. The number of carbonyl (C=O) groups is 2. The molecule has 0 heterocycles. The SMILES string of the molecule is COC(=O)CN(C(=O)c1cc(I)ccc1Br)C(C)C. The van der Waals surface area contributed by atoms with Gasteiger partial charge in [-0.05, 0) is 70.6 Å². The normalized spacial score (nSPS) is 10.4. The smallest absolute Gasteiger partial charge is 0.325 e. The van der Waals surface area contributed by atoms with Crippen molar-refractivity contribution in [3.63, 3.8) is 0 Å². The highest BCUT2D eigenvalue weighted by Crippen LogP contribution is 2.22. The summed E-state index contributed by atoms with van der Waals surface area (Å²) in [5.41, 5.74) is 0.546. The minimum Gasteiger partial charge on any atom is -0.468 e. The van der Waals surface area contributed by atoms with E-state index in [-0.39, 0.29) is 18.5 Å². The second-order valence-electron chi connectivity index (χ2n) is 4.23. The molecular weight excluding hydrogens is 425 g/mol. The van der Waals surface area contributed by atoms with Gasteiger partial charge in [0.25, 0.3) is 5.91 Å². The zero-order chi connectivity index (χ0) is 14.6. The first-order valence-corrected chi connectivity index (χ1v) is 7.56. The Morgan fingerprint density at radius 2 is 2.05 bits per heavy atom. The van der Waals surface area contributed by atoms with E-state index in [1.54, 1.807) is 6.07 Å². The number of hydrogen-bond acceptors (Lipinski definition) is 3. The maximum atomic E-state index is 12.5. The van der Waals surface area contributed by atoms with Gasteiger partial charge in [-0.15, -0.1) is 0 Å². The van der Waals surface area contributed by atoms with E-state index in [0.717, 1.165) is 3.57 Å². The largest absolute Gasteiger partial charge is 0.468 e. The second-order valence-corrected chi connectivity index (χ2v) is 6.33. The first kappa shape index (κ1) is 16.4. The number of nitrogens with zero attached hydrogens (tertiary/aromatic N) is 1. The van der Waals surface area contributed by atoms with Gasteiger partial charge in [0, 0.05) is 14.1 Å². The number of hydrogen-bond donors (Lipinski definition) is 0. The second kappa shape index (κ2) is 7.23. The van der Waals surface area contributed by atoms with Gasteiger partial charge < -0.3 is 9.64 Å². The fraction of sp³-hybridized carbons (Fsp3) is 0.385. The molecule has 0 atom stereocenters. The molecule has 1 aromatic rings. The lowest BCUT2D eigenvalue weighted by Gasteiger charge is -2.26. The van der Waals surface area contributed by atoms with Crippen molar-refractivity contribution in [3.05, 3.63) is 31.8 Å². The Hall–Kier alpha value is -0.630. The molecule has 104 valence electrons. The van der Waals surface area contributed by atoms with Gasteiger partial charge >= 0.3 is 5.97 Å². The Balaban J connectivity index is 3.05. The van der Waals surface area contributed by atoms with Crippen molar-refractivity contribution >= 4 is 50.4 Å². The molecule has 1 rings (SSSR count). The molecule has 0 aromatic heterocycles. The number of carbonyl (C=O) groups excluding carboxylic acids is 2. The van der Waals surface area contributed by atoms with Crippen LogP contribution in [-0.4, -0.2) is 36.5 Å². The number of rotatable bonds is 4.